The normalized spacial score (nSPS) is 16.4. The summed E-state index contributed by atoms with van der Waals surface area (Å²) in [6.45, 7) is 3.88. The minimum absolute atomic E-state index is 0.0982. The van der Waals surface area contributed by atoms with E-state index in [0.29, 0.717) is 17.5 Å². The highest BCUT2D eigenvalue weighted by Crippen LogP contribution is 2.35. The molecule has 0 bridgehead atoms. The summed E-state index contributed by atoms with van der Waals surface area (Å²) >= 11 is 5.60. The molecule has 1 aliphatic heterocycles. The predicted octanol–water partition coefficient (Wildman–Crippen LogP) is 6.22. The molecule has 156 valence electrons. The van der Waals surface area contributed by atoms with Gasteiger partial charge in [-0.25, -0.2) is 0 Å². The van der Waals surface area contributed by atoms with Gasteiger partial charge < -0.3 is 10.1 Å². The third kappa shape index (κ3) is 5.73. The van der Waals surface area contributed by atoms with Gasteiger partial charge in [0.2, 0.25) is 0 Å². The zero-order chi connectivity index (χ0) is 21.0. The standard InChI is InChI=1S/C22H23ClF3NO2/c1-14(16-8-10-29-11-9-16)12-15-2-5-18(6-3-15)27-21(28)17-4-7-20(23)19(13-17)22(24,25)26/h2-7,13-14,16H,8-12H2,1H3,(H,27,28). The Morgan fingerprint density at radius 3 is 2.45 bits per heavy atom. The van der Waals surface area contributed by atoms with Crippen LogP contribution in [0.4, 0.5) is 18.9 Å². The minimum atomic E-state index is -4.61. The summed E-state index contributed by atoms with van der Waals surface area (Å²) in [5, 5.41) is 2.20. The molecule has 0 aliphatic carbocycles. The van der Waals surface area contributed by atoms with Crippen molar-refractivity contribution < 1.29 is 22.7 Å². The summed E-state index contributed by atoms with van der Waals surface area (Å²) in [6, 6.07) is 10.5. The topological polar surface area (TPSA) is 38.3 Å². The number of hydrogen-bond donors (Lipinski definition) is 1. The zero-order valence-corrected chi connectivity index (χ0v) is 16.8. The molecule has 29 heavy (non-hydrogen) atoms. The second-order valence-corrected chi connectivity index (χ2v) is 7.88. The third-order valence-corrected chi connectivity index (χ3v) is 5.70. The van der Waals surface area contributed by atoms with Crippen LogP contribution in [0.15, 0.2) is 42.5 Å². The molecule has 3 nitrogen and oxygen atoms in total. The van der Waals surface area contributed by atoms with Gasteiger partial charge in [-0.3, -0.25) is 4.79 Å². The Kier molecular flexibility index (Phi) is 6.85. The summed E-state index contributed by atoms with van der Waals surface area (Å²) in [4.78, 5) is 12.3. The highest BCUT2D eigenvalue weighted by molar-refractivity contribution is 6.31. The van der Waals surface area contributed by atoms with Gasteiger partial charge in [0.1, 0.15) is 0 Å². The Morgan fingerprint density at radius 2 is 1.83 bits per heavy atom. The first-order valence-electron chi connectivity index (χ1n) is 9.59. The second-order valence-electron chi connectivity index (χ2n) is 7.47. The smallest absolute Gasteiger partial charge is 0.381 e. The molecule has 2 aromatic carbocycles. The van der Waals surface area contributed by atoms with Gasteiger partial charge in [0.15, 0.2) is 0 Å². The number of nitrogens with one attached hydrogen (secondary N) is 1. The van der Waals surface area contributed by atoms with Crippen LogP contribution in [0.5, 0.6) is 0 Å². The third-order valence-electron chi connectivity index (χ3n) is 5.37. The molecule has 1 heterocycles. The highest BCUT2D eigenvalue weighted by Gasteiger charge is 2.33. The van der Waals surface area contributed by atoms with Crippen LogP contribution in [0.25, 0.3) is 0 Å². The molecule has 1 unspecified atom stereocenters. The summed E-state index contributed by atoms with van der Waals surface area (Å²) in [6.07, 6.45) is -1.52. The number of anilines is 1. The molecule has 1 amide bonds. The van der Waals surface area contributed by atoms with Gasteiger partial charge in [0.05, 0.1) is 10.6 Å². The Morgan fingerprint density at radius 1 is 1.17 bits per heavy atom. The number of benzene rings is 2. The van der Waals surface area contributed by atoms with Crippen molar-refractivity contribution >= 4 is 23.2 Å². The maximum atomic E-state index is 13.0. The van der Waals surface area contributed by atoms with E-state index in [4.69, 9.17) is 16.3 Å². The van der Waals surface area contributed by atoms with Crippen molar-refractivity contribution in [3.8, 4) is 0 Å². The second kappa shape index (κ2) is 9.18. The van der Waals surface area contributed by atoms with E-state index in [9.17, 15) is 18.0 Å². The number of ether oxygens (including phenoxy) is 1. The van der Waals surface area contributed by atoms with Gasteiger partial charge in [0.25, 0.3) is 5.91 Å². The monoisotopic (exact) mass is 425 g/mol. The van der Waals surface area contributed by atoms with Crippen molar-refractivity contribution in [2.24, 2.45) is 11.8 Å². The van der Waals surface area contributed by atoms with Crippen molar-refractivity contribution in [2.45, 2.75) is 32.4 Å². The van der Waals surface area contributed by atoms with Crippen molar-refractivity contribution in [1.82, 2.24) is 0 Å². The van der Waals surface area contributed by atoms with Gasteiger partial charge >= 0.3 is 6.18 Å². The number of carbonyl (C=O) groups is 1. The van der Waals surface area contributed by atoms with E-state index in [2.05, 4.69) is 12.2 Å². The molecule has 1 atom stereocenters. The van der Waals surface area contributed by atoms with Crippen molar-refractivity contribution in [3.63, 3.8) is 0 Å². The van der Waals surface area contributed by atoms with Crippen LogP contribution in [-0.2, 0) is 17.3 Å². The summed E-state index contributed by atoms with van der Waals surface area (Å²) in [5.41, 5.74) is 0.567. The predicted molar refractivity (Wildman–Crippen MR) is 107 cm³/mol. The average molecular weight is 426 g/mol. The fourth-order valence-electron chi connectivity index (χ4n) is 3.63. The molecular weight excluding hydrogens is 403 g/mol. The van der Waals surface area contributed by atoms with E-state index in [-0.39, 0.29) is 5.56 Å². The SMILES string of the molecule is CC(Cc1ccc(NC(=O)c2ccc(Cl)c(C(F)(F)F)c2)cc1)C1CCOCC1. The van der Waals surface area contributed by atoms with E-state index in [1.807, 2.05) is 12.1 Å². The molecule has 0 saturated carbocycles. The molecule has 7 heteroatoms. The minimum Gasteiger partial charge on any atom is -0.381 e. The maximum absolute atomic E-state index is 13.0. The van der Waals surface area contributed by atoms with Crippen LogP contribution < -0.4 is 5.32 Å². The van der Waals surface area contributed by atoms with E-state index in [0.717, 1.165) is 50.2 Å². The fraction of sp³-hybridized carbons (Fsp3) is 0.409. The Bertz CT molecular complexity index is 846. The summed E-state index contributed by atoms with van der Waals surface area (Å²) in [7, 11) is 0. The van der Waals surface area contributed by atoms with Crippen LogP contribution >= 0.6 is 11.6 Å². The summed E-state index contributed by atoms with van der Waals surface area (Å²) < 4.78 is 44.3. The van der Waals surface area contributed by atoms with E-state index >= 15 is 0 Å². The van der Waals surface area contributed by atoms with Gasteiger partial charge in [-0.05, 0) is 67.0 Å². The highest BCUT2D eigenvalue weighted by atomic mass is 35.5. The van der Waals surface area contributed by atoms with Crippen molar-refractivity contribution in [1.29, 1.82) is 0 Å². The average Bonchev–Trinajstić information content (AvgIpc) is 2.69. The molecule has 1 saturated heterocycles. The van der Waals surface area contributed by atoms with Gasteiger partial charge in [0, 0.05) is 24.5 Å². The Hall–Kier alpha value is -2.05. The first-order valence-corrected chi connectivity index (χ1v) is 9.96. The number of amides is 1. The summed E-state index contributed by atoms with van der Waals surface area (Å²) in [5.74, 6) is 0.570. The van der Waals surface area contributed by atoms with Crippen molar-refractivity contribution in [3.05, 3.63) is 64.2 Å². The lowest BCUT2D eigenvalue weighted by Gasteiger charge is -2.27. The maximum Gasteiger partial charge on any atom is 0.417 e. The zero-order valence-electron chi connectivity index (χ0n) is 16.1. The van der Waals surface area contributed by atoms with Crippen LogP contribution in [0, 0.1) is 11.8 Å². The van der Waals surface area contributed by atoms with E-state index in [1.165, 1.54) is 6.07 Å². The fourth-order valence-corrected chi connectivity index (χ4v) is 3.86. The molecule has 0 radical (unpaired) electrons. The molecular formula is C22H23ClF3NO2. The number of hydrogen-bond acceptors (Lipinski definition) is 2. The number of alkyl halides is 3. The molecule has 0 spiro atoms. The van der Waals surface area contributed by atoms with Crippen LogP contribution in [-0.4, -0.2) is 19.1 Å². The Balaban J connectivity index is 1.63. The quantitative estimate of drug-likeness (QED) is 0.617. The van der Waals surface area contributed by atoms with Gasteiger partial charge in [-0.15, -0.1) is 0 Å². The van der Waals surface area contributed by atoms with Crippen molar-refractivity contribution in [2.75, 3.05) is 18.5 Å². The molecule has 0 aromatic heterocycles. The Labute approximate surface area is 173 Å². The van der Waals surface area contributed by atoms with Crippen LogP contribution in [0.2, 0.25) is 5.02 Å². The molecule has 1 fully saturated rings. The molecule has 1 N–H and O–H groups in total. The molecule has 3 rings (SSSR count). The van der Waals surface area contributed by atoms with Crippen LogP contribution in [0.3, 0.4) is 0 Å². The number of halogens is 4. The lowest BCUT2D eigenvalue weighted by Crippen LogP contribution is -2.23. The largest absolute Gasteiger partial charge is 0.417 e. The number of carbonyl (C=O) groups excluding carboxylic acids is 1. The first-order chi connectivity index (χ1) is 13.7. The lowest BCUT2D eigenvalue weighted by molar-refractivity contribution is -0.137. The van der Waals surface area contributed by atoms with Gasteiger partial charge in [-0.1, -0.05) is 30.7 Å². The molecule has 1 aliphatic rings. The van der Waals surface area contributed by atoms with Gasteiger partial charge in [-0.2, -0.15) is 13.2 Å². The lowest BCUT2D eigenvalue weighted by atomic mass is 9.83. The van der Waals surface area contributed by atoms with Crippen LogP contribution in [0.1, 0.15) is 41.3 Å². The van der Waals surface area contributed by atoms with E-state index < -0.39 is 22.7 Å². The first kappa shape index (κ1) is 21.7. The number of rotatable bonds is 5. The van der Waals surface area contributed by atoms with E-state index in [1.54, 1.807) is 12.1 Å². The molecule has 2 aromatic rings.